The van der Waals surface area contributed by atoms with Gasteiger partial charge in [0.25, 0.3) is 0 Å². The van der Waals surface area contributed by atoms with Gasteiger partial charge in [0.05, 0.1) is 16.8 Å². The number of ether oxygens (including phenoxy) is 1. The van der Waals surface area contributed by atoms with Gasteiger partial charge in [-0.25, -0.2) is 4.98 Å². The molecule has 0 fully saturated rings. The van der Waals surface area contributed by atoms with E-state index >= 15 is 0 Å². The van der Waals surface area contributed by atoms with Crippen LogP contribution in [0.4, 0.5) is 8.78 Å². The molecule has 0 aliphatic carbocycles. The average Bonchev–Trinajstić information content (AvgIpc) is 2.68. The molecule has 0 amide bonds. The summed E-state index contributed by atoms with van der Waals surface area (Å²) in [6.07, 6.45) is -0.297. The molecule has 1 unspecified atom stereocenters. The summed E-state index contributed by atoms with van der Waals surface area (Å²) in [4.78, 5) is 5.50. The highest BCUT2D eigenvalue weighted by atomic mass is 32.1. The van der Waals surface area contributed by atoms with E-state index in [9.17, 15) is 13.9 Å². The van der Waals surface area contributed by atoms with Gasteiger partial charge in [0, 0.05) is 11.3 Å². The number of thiazole rings is 1. The zero-order valence-corrected chi connectivity index (χ0v) is 12.0. The van der Waals surface area contributed by atoms with Gasteiger partial charge in [-0.15, -0.1) is 11.3 Å². The third-order valence-corrected chi connectivity index (χ3v) is 4.03. The molecule has 1 heterocycles. The molecular weight excluding hydrogens is 284 g/mol. The standard InChI is InChI=1S/C14H15F2NO2S/c1-8-9(2)20-13(17-8)7-12(18)10-3-5-11(6-4-10)19-14(15)16/h3-6,12,14,18H,7H2,1-2H3. The molecule has 1 N–H and O–H groups in total. The smallest absolute Gasteiger partial charge is 0.387 e. The maximum Gasteiger partial charge on any atom is 0.387 e. The average molecular weight is 299 g/mol. The molecule has 2 rings (SSSR count). The van der Waals surface area contributed by atoms with Crippen LogP contribution in [0.5, 0.6) is 5.75 Å². The van der Waals surface area contributed by atoms with Crippen molar-refractivity contribution in [2.45, 2.75) is 33.0 Å². The number of nitrogens with zero attached hydrogens (tertiary/aromatic N) is 1. The molecule has 1 aromatic carbocycles. The Bertz CT molecular complexity index is 550. The van der Waals surface area contributed by atoms with E-state index in [0.717, 1.165) is 15.6 Å². The van der Waals surface area contributed by atoms with Gasteiger partial charge in [-0.05, 0) is 31.5 Å². The Morgan fingerprint density at radius 2 is 1.90 bits per heavy atom. The van der Waals surface area contributed by atoms with Crippen LogP contribution >= 0.6 is 11.3 Å². The minimum Gasteiger partial charge on any atom is -0.435 e. The lowest BCUT2D eigenvalue weighted by atomic mass is 10.1. The molecule has 108 valence electrons. The second kappa shape index (κ2) is 6.28. The zero-order valence-electron chi connectivity index (χ0n) is 11.1. The Hall–Kier alpha value is -1.53. The first-order valence-electron chi connectivity index (χ1n) is 6.11. The predicted molar refractivity (Wildman–Crippen MR) is 73.3 cm³/mol. The number of hydrogen-bond donors (Lipinski definition) is 1. The van der Waals surface area contributed by atoms with Crippen molar-refractivity contribution < 1.29 is 18.6 Å². The third-order valence-electron chi connectivity index (χ3n) is 2.93. The van der Waals surface area contributed by atoms with Crippen LogP contribution in [0.2, 0.25) is 0 Å². The van der Waals surface area contributed by atoms with Crippen LogP contribution in [-0.4, -0.2) is 16.7 Å². The summed E-state index contributed by atoms with van der Waals surface area (Å²) in [6.45, 7) is 1.07. The molecule has 20 heavy (non-hydrogen) atoms. The molecule has 0 saturated heterocycles. The summed E-state index contributed by atoms with van der Waals surface area (Å²) in [5, 5.41) is 11.0. The van der Waals surface area contributed by atoms with E-state index in [2.05, 4.69) is 9.72 Å². The Morgan fingerprint density at radius 1 is 1.25 bits per heavy atom. The molecule has 0 aliphatic heterocycles. The van der Waals surface area contributed by atoms with E-state index in [1.54, 1.807) is 23.5 Å². The molecule has 0 saturated carbocycles. The van der Waals surface area contributed by atoms with Crippen LogP contribution in [-0.2, 0) is 6.42 Å². The van der Waals surface area contributed by atoms with E-state index in [0.29, 0.717) is 12.0 Å². The Balaban J connectivity index is 2.03. The van der Waals surface area contributed by atoms with Gasteiger partial charge in [0.15, 0.2) is 0 Å². The van der Waals surface area contributed by atoms with Crippen molar-refractivity contribution in [2.24, 2.45) is 0 Å². The van der Waals surface area contributed by atoms with Crippen molar-refractivity contribution in [3.05, 3.63) is 45.4 Å². The van der Waals surface area contributed by atoms with Crippen molar-refractivity contribution in [1.29, 1.82) is 0 Å². The van der Waals surface area contributed by atoms with Gasteiger partial charge in [-0.3, -0.25) is 0 Å². The van der Waals surface area contributed by atoms with Gasteiger partial charge >= 0.3 is 6.61 Å². The van der Waals surface area contributed by atoms with E-state index in [1.165, 1.54) is 12.1 Å². The van der Waals surface area contributed by atoms with Crippen LogP contribution in [0.15, 0.2) is 24.3 Å². The molecule has 1 aromatic heterocycles. The molecule has 0 spiro atoms. The minimum absolute atomic E-state index is 0.0805. The zero-order chi connectivity index (χ0) is 14.7. The molecule has 1 atom stereocenters. The summed E-state index contributed by atoms with van der Waals surface area (Å²) in [6, 6.07) is 6.00. The summed E-state index contributed by atoms with van der Waals surface area (Å²) in [7, 11) is 0. The molecule has 2 aromatic rings. The lowest BCUT2D eigenvalue weighted by Gasteiger charge is -2.10. The molecule has 0 aliphatic rings. The number of halogens is 2. The highest BCUT2D eigenvalue weighted by Crippen LogP contribution is 2.25. The fraction of sp³-hybridized carbons (Fsp3) is 0.357. The van der Waals surface area contributed by atoms with Gasteiger partial charge in [-0.2, -0.15) is 8.78 Å². The van der Waals surface area contributed by atoms with E-state index < -0.39 is 12.7 Å². The monoisotopic (exact) mass is 299 g/mol. The number of rotatable bonds is 5. The largest absolute Gasteiger partial charge is 0.435 e. The second-order valence-corrected chi connectivity index (χ2v) is 5.70. The number of benzene rings is 1. The van der Waals surface area contributed by atoms with Crippen LogP contribution in [0.1, 0.15) is 27.2 Å². The van der Waals surface area contributed by atoms with Gasteiger partial charge < -0.3 is 9.84 Å². The molecule has 6 heteroatoms. The summed E-state index contributed by atoms with van der Waals surface area (Å²) in [5.41, 5.74) is 1.62. The van der Waals surface area contributed by atoms with Gasteiger partial charge in [0.2, 0.25) is 0 Å². The predicted octanol–water partition coefficient (Wildman–Crippen LogP) is 3.64. The highest BCUT2D eigenvalue weighted by Gasteiger charge is 2.13. The normalized spacial score (nSPS) is 12.7. The number of aryl methyl sites for hydroxylation is 2. The van der Waals surface area contributed by atoms with Gasteiger partial charge in [0.1, 0.15) is 5.75 Å². The van der Waals surface area contributed by atoms with Crippen molar-refractivity contribution in [2.75, 3.05) is 0 Å². The van der Waals surface area contributed by atoms with Gasteiger partial charge in [-0.1, -0.05) is 12.1 Å². The molecule has 0 bridgehead atoms. The minimum atomic E-state index is -2.84. The van der Waals surface area contributed by atoms with Crippen molar-refractivity contribution in [3.8, 4) is 5.75 Å². The van der Waals surface area contributed by atoms with Crippen LogP contribution in [0.25, 0.3) is 0 Å². The summed E-state index contributed by atoms with van der Waals surface area (Å²) in [5.74, 6) is 0.0805. The highest BCUT2D eigenvalue weighted by molar-refractivity contribution is 7.11. The number of aliphatic hydroxyl groups excluding tert-OH is 1. The third kappa shape index (κ3) is 3.74. The van der Waals surface area contributed by atoms with Crippen LogP contribution < -0.4 is 4.74 Å². The summed E-state index contributed by atoms with van der Waals surface area (Å²) >= 11 is 1.55. The molecular formula is C14H15F2NO2S. The van der Waals surface area contributed by atoms with E-state index in [1.807, 2.05) is 13.8 Å². The fourth-order valence-electron chi connectivity index (χ4n) is 1.78. The summed E-state index contributed by atoms with van der Waals surface area (Å²) < 4.78 is 28.3. The second-order valence-electron chi connectivity index (χ2n) is 4.42. The van der Waals surface area contributed by atoms with Crippen molar-refractivity contribution in [3.63, 3.8) is 0 Å². The van der Waals surface area contributed by atoms with E-state index in [4.69, 9.17) is 0 Å². The van der Waals surface area contributed by atoms with Crippen molar-refractivity contribution >= 4 is 11.3 Å². The molecule has 0 radical (unpaired) electrons. The quantitative estimate of drug-likeness (QED) is 0.916. The number of hydrogen-bond acceptors (Lipinski definition) is 4. The lowest BCUT2D eigenvalue weighted by Crippen LogP contribution is -2.04. The van der Waals surface area contributed by atoms with Crippen LogP contribution in [0.3, 0.4) is 0 Å². The maximum atomic E-state index is 12.0. The SMILES string of the molecule is Cc1nc(CC(O)c2ccc(OC(F)F)cc2)sc1C. The topological polar surface area (TPSA) is 42.4 Å². The first-order chi connectivity index (χ1) is 9.45. The Labute approximate surface area is 119 Å². The van der Waals surface area contributed by atoms with Crippen LogP contribution in [0, 0.1) is 13.8 Å². The van der Waals surface area contributed by atoms with E-state index in [-0.39, 0.29) is 5.75 Å². The number of aliphatic hydroxyl groups is 1. The maximum absolute atomic E-state index is 12.0. The lowest BCUT2D eigenvalue weighted by molar-refractivity contribution is -0.0498. The Kier molecular flexibility index (Phi) is 4.67. The fourth-order valence-corrected chi connectivity index (χ4v) is 2.75. The van der Waals surface area contributed by atoms with Crippen molar-refractivity contribution in [1.82, 2.24) is 4.98 Å². The number of aromatic nitrogens is 1. The molecule has 3 nitrogen and oxygen atoms in total. The first-order valence-corrected chi connectivity index (χ1v) is 6.93. The number of alkyl halides is 2. The first kappa shape index (κ1) is 14.9. The Morgan fingerprint density at radius 3 is 2.40 bits per heavy atom.